The maximum atomic E-state index is 12.6. The predicted octanol–water partition coefficient (Wildman–Crippen LogP) is 6.10. The third kappa shape index (κ3) is 5.74. The summed E-state index contributed by atoms with van der Waals surface area (Å²) in [6.45, 7) is 5.76. The number of halogens is 1. The number of hydrogen-bond donors (Lipinski definition) is 1. The van der Waals surface area contributed by atoms with Crippen molar-refractivity contribution >= 4 is 28.5 Å². The molecule has 1 amide bonds. The molecule has 3 aromatic carbocycles. The van der Waals surface area contributed by atoms with Gasteiger partial charge in [0.25, 0.3) is 5.91 Å². The van der Waals surface area contributed by atoms with E-state index >= 15 is 0 Å². The van der Waals surface area contributed by atoms with E-state index in [1.165, 1.54) is 0 Å². The van der Waals surface area contributed by atoms with Gasteiger partial charge in [-0.25, -0.2) is 4.98 Å². The highest BCUT2D eigenvalue weighted by Gasteiger charge is 2.12. The molecule has 6 heteroatoms. The first-order valence-electron chi connectivity index (χ1n) is 11.2. The van der Waals surface area contributed by atoms with Crippen LogP contribution in [0.25, 0.3) is 11.0 Å². The molecule has 0 bridgehead atoms. The summed E-state index contributed by atoms with van der Waals surface area (Å²) in [5.74, 6) is 1.60. The van der Waals surface area contributed by atoms with Crippen molar-refractivity contribution in [2.24, 2.45) is 0 Å². The van der Waals surface area contributed by atoms with Gasteiger partial charge in [-0.15, -0.1) is 0 Å². The fraction of sp³-hybridized carbons (Fsp3) is 0.259. The zero-order chi connectivity index (χ0) is 23.2. The van der Waals surface area contributed by atoms with E-state index in [-0.39, 0.29) is 5.91 Å². The molecule has 0 atom stereocenters. The number of rotatable bonds is 9. The van der Waals surface area contributed by atoms with Gasteiger partial charge in [0.2, 0.25) is 0 Å². The molecule has 1 N–H and O–H groups in total. The summed E-state index contributed by atoms with van der Waals surface area (Å²) >= 11 is 6.08. The summed E-state index contributed by atoms with van der Waals surface area (Å²) in [4.78, 5) is 17.4. The molecule has 0 aliphatic carbocycles. The van der Waals surface area contributed by atoms with Crippen molar-refractivity contribution in [3.05, 3.63) is 94.3 Å². The molecule has 33 heavy (non-hydrogen) atoms. The minimum absolute atomic E-state index is 0.0936. The van der Waals surface area contributed by atoms with Gasteiger partial charge in [0, 0.05) is 17.1 Å². The van der Waals surface area contributed by atoms with E-state index in [4.69, 9.17) is 21.3 Å². The lowest BCUT2D eigenvalue weighted by atomic mass is 10.1. The first-order valence-corrected chi connectivity index (χ1v) is 11.6. The van der Waals surface area contributed by atoms with Gasteiger partial charge in [0.15, 0.2) is 0 Å². The highest BCUT2D eigenvalue weighted by Crippen LogP contribution is 2.21. The van der Waals surface area contributed by atoms with Gasteiger partial charge in [-0.05, 0) is 74.7 Å². The molecule has 1 aromatic heterocycles. The molecule has 0 aliphatic rings. The number of carbonyl (C=O) groups is 1. The molecular formula is C27H28ClN3O2. The third-order valence-electron chi connectivity index (χ3n) is 5.60. The molecule has 1 heterocycles. The number of aryl methyl sites for hydroxylation is 3. The first kappa shape index (κ1) is 22.9. The molecule has 4 aromatic rings. The Labute approximate surface area is 199 Å². The summed E-state index contributed by atoms with van der Waals surface area (Å²) in [7, 11) is 0. The molecule has 0 spiro atoms. The largest absolute Gasteiger partial charge is 0.494 e. The van der Waals surface area contributed by atoms with Crippen LogP contribution < -0.4 is 10.1 Å². The van der Waals surface area contributed by atoms with Gasteiger partial charge in [0.05, 0.1) is 24.2 Å². The Morgan fingerprint density at radius 2 is 1.88 bits per heavy atom. The minimum atomic E-state index is -0.0936. The topological polar surface area (TPSA) is 56.2 Å². The standard InChI is InChI=1S/C27H28ClN3O2/c1-19-8-7-9-21(16-19)27(32)29-18-26-30-24-10-3-4-11-25(24)31(26)14-5-6-15-33-22-12-13-23(28)20(2)17-22/h3-4,7-13,16-17H,5-6,14-15,18H2,1-2H3,(H,29,32). The summed E-state index contributed by atoms with van der Waals surface area (Å²) in [6.07, 6.45) is 1.84. The number of hydrogen-bond acceptors (Lipinski definition) is 3. The molecule has 0 unspecified atom stereocenters. The van der Waals surface area contributed by atoms with E-state index in [1.807, 2.05) is 74.5 Å². The van der Waals surface area contributed by atoms with Crippen molar-refractivity contribution in [3.8, 4) is 5.75 Å². The van der Waals surface area contributed by atoms with Crippen LogP contribution in [0.1, 0.15) is 40.2 Å². The van der Waals surface area contributed by atoms with Gasteiger partial charge in [-0.2, -0.15) is 0 Å². The Bertz CT molecular complexity index is 1270. The smallest absolute Gasteiger partial charge is 0.251 e. The van der Waals surface area contributed by atoms with Gasteiger partial charge in [-0.3, -0.25) is 4.79 Å². The van der Waals surface area contributed by atoms with Crippen LogP contribution in [0.5, 0.6) is 5.75 Å². The normalized spacial score (nSPS) is 11.0. The van der Waals surface area contributed by atoms with Crippen LogP contribution in [0, 0.1) is 13.8 Å². The van der Waals surface area contributed by atoms with E-state index in [2.05, 4.69) is 16.0 Å². The fourth-order valence-corrected chi connectivity index (χ4v) is 3.94. The van der Waals surface area contributed by atoms with E-state index in [0.717, 1.165) is 58.1 Å². The van der Waals surface area contributed by atoms with Crippen molar-refractivity contribution in [2.75, 3.05) is 6.61 Å². The van der Waals surface area contributed by atoms with Gasteiger partial charge in [-0.1, -0.05) is 41.4 Å². The van der Waals surface area contributed by atoms with E-state index < -0.39 is 0 Å². The summed E-state index contributed by atoms with van der Waals surface area (Å²) in [5, 5.41) is 3.77. The van der Waals surface area contributed by atoms with E-state index in [0.29, 0.717) is 18.7 Å². The SMILES string of the molecule is Cc1cccc(C(=O)NCc2nc3ccccc3n2CCCCOc2ccc(Cl)c(C)c2)c1. The molecule has 170 valence electrons. The number of carbonyl (C=O) groups excluding carboxylic acids is 1. The van der Waals surface area contributed by atoms with Crippen LogP contribution in [-0.4, -0.2) is 22.1 Å². The molecule has 0 saturated heterocycles. The molecule has 0 radical (unpaired) electrons. The van der Waals surface area contributed by atoms with Crippen LogP contribution in [0.15, 0.2) is 66.7 Å². The Kier molecular flexibility index (Phi) is 7.30. The van der Waals surface area contributed by atoms with Crippen molar-refractivity contribution in [1.82, 2.24) is 14.9 Å². The monoisotopic (exact) mass is 461 g/mol. The van der Waals surface area contributed by atoms with Gasteiger partial charge >= 0.3 is 0 Å². The third-order valence-corrected chi connectivity index (χ3v) is 6.02. The van der Waals surface area contributed by atoms with E-state index in [9.17, 15) is 4.79 Å². The van der Waals surface area contributed by atoms with Crippen LogP contribution in [0.4, 0.5) is 0 Å². The zero-order valence-electron chi connectivity index (χ0n) is 19.0. The quantitative estimate of drug-likeness (QED) is 0.306. The van der Waals surface area contributed by atoms with Crippen LogP contribution >= 0.6 is 11.6 Å². The number of fused-ring (bicyclic) bond motifs is 1. The number of benzene rings is 3. The predicted molar refractivity (Wildman–Crippen MR) is 133 cm³/mol. The second kappa shape index (κ2) is 10.5. The molecule has 4 rings (SSSR count). The average molecular weight is 462 g/mol. The Hall–Kier alpha value is -3.31. The van der Waals surface area contributed by atoms with Crippen LogP contribution in [0.2, 0.25) is 5.02 Å². The lowest BCUT2D eigenvalue weighted by molar-refractivity contribution is 0.0949. The average Bonchev–Trinajstić information content (AvgIpc) is 3.17. The molecule has 0 saturated carbocycles. The number of imidazole rings is 1. The number of nitrogens with zero attached hydrogens (tertiary/aromatic N) is 2. The fourth-order valence-electron chi connectivity index (χ4n) is 3.83. The maximum absolute atomic E-state index is 12.6. The number of amides is 1. The van der Waals surface area contributed by atoms with Crippen molar-refractivity contribution in [3.63, 3.8) is 0 Å². The number of ether oxygens (including phenoxy) is 1. The molecule has 0 fully saturated rings. The number of nitrogens with one attached hydrogen (secondary N) is 1. The second-order valence-corrected chi connectivity index (χ2v) is 8.59. The number of para-hydroxylation sites is 2. The molecule has 5 nitrogen and oxygen atoms in total. The van der Waals surface area contributed by atoms with Crippen molar-refractivity contribution in [2.45, 2.75) is 39.8 Å². The first-order chi connectivity index (χ1) is 16.0. The lowest BCUT2D eigenvalue weighted by Gasteiger charge is -2.11. The summed E-state index contributed by atoms with van der Waals surface area (Å²) in [6, 6.07) is 21.4. The minimum Gasteiger partial charge on any atom is -0.494 e. The van der Waals surface area contributed by atoms with E-state index in [1.54, 1.807) is 0 Å². The molecular weight excluding hydrogens is 434 g/mol. The summed E-state index contributed by atoms with van der Waals surface area (Å²) in [5.41, 5.74) is 4.74. The number of aromatic nitrogens is 2. The Balaban J connectivity index is 1.37. The highest BCUT2D eigenvalue weighted by molar-refractivity contribution is 6.31. The highest BCUT2D eigenvalue weighted by atomic mass is 35.5. The Morgan fingerprint density at radius 3 is 2.70 bits per heavy atom. The summed E-state index contributed by atoms with van der Waals surface area (Å²) < 4.78 is 8.07. The van der Waals surface area contributed by atoms with Crippen molar-refractivity contribution in [1.29, 1.82) is 0 Å². The van der Waals surface area contributed by atoms with Crippen molar-refractivity contribution < 1.29 is 9.53 Å². The zero-order valence-corrected chi connectivity index (χ0v) is 19.7. The van der Waals surface area contributed by atoms with Gasteiger partial charge < -0.3 is 14.6 Å². The number of unbranched alkanes of at least 4 members (excludes halogenated alkanes) is 1. The lowest BCUT2D eigenvalue weighted by Crippen LogP contribution is -2.25. The molecule has 0 aliphatic heterocycles. The van der Waals surface area contributed by atoms with Crippen LogP contribution in [-0.2, 0) is 13.1 Å². The van der Waals surface area contributed by atoms with Gasteiger partial charge in [0.1, 0.15) is 11.6 Å². The second-order valence-electron chi connectivity index (χ2n) is 8.19. The van der Waals surface area contributed by atoms with Crippen LogP contribution in [0.3, 0.4) is 0 Å². The Morgan fingerprint density at radius 1 is 1.03 bits per heavy atom. The maximum Gasteiger partial charge on any atom is 0.251 e.